The van der Waals surface area contributed by atoms with Crippen LogP contribution >= 0.6 is 11.6 Å². The van der Waals surface area contributed by atoms with Gasteiger partial charge in [-0.3, -0.25) is 4.79 Å². The second-order valence-electron chi connectivity index (χ2n) is 5.75. The molecule has 1 amide bonds. The molecule has 0 aromatic heterocycles. The molecule has 2 rings (SSSR count). The van der Waals surface area contributed by atoms with Crippen LogP contribution in [0.3, 0.4) is 0 Å². The van der Waals surface area contributed by atoms with Crippen molar-refractivity contribution in [2.45, 2.75) is 32.2 Å². The molecule has 0 saturated carbocycles. The Balaban J connectivity index is 1.85. The zero-order chi connectivity index (χ0) is 13.9. The van der Waals surface area contributed by atoms with Gasteiger partial charge in [-0.15, -0.1) is 0 Å². The summed E-state index contributed by atoms with van der Waals surface area (Å²) in [4.78, 5) is 14.2. The monoisotopic (exact) mass is 280 g/mol. The van der Waals surface area contributed by atoms with Crippen LogP contribution in [0.25, 0.3) is 0 Å². The maximum atomic E-state index is 12.2. The number of piperazine rings is 1. The first-order chi connectivity index (χ1) is 8.96. The molecular formula is C15H21ClN2O. The summed E-state index contributed by atoms with van der Waals surface area (Å²) in [7, 11) is 0. The SMILES string of the molecule is CC1(C)CN(C(=O)CCc2ccc(Cl)cc2)CCN1. The highest BCUT2D eigenvalue weighted by Crippen LogP contribution is 2.14. The molecule has 0 radical (unpaired) electrons. The number of aryl methyl sites for hydroxylation is 1. The second-order valence-corrected chi connectivity index (χ2v) is 6.19. The number of hydrogen-bond donors (Lipinski definition) is 1. The molecule has 3 nitrogen and oxygen atoms in total. The molecule has 104 valence electrons. The van der Waals surface area contributed by atoms with Crippen LogP contribution in [-0.4, -0.2) is 36.0 Å². The maximum absolute atomic E-state index is 12.2. The number of hydrogen-bond acceptors (Lipinski definition) is 2. The van der Waals surface area contributed by atoms with Gasteiger partial charge in [0.15, 0.2) is 0 Å². The Morgan fingerprint density at radius 1 is 1.37 bits per heavy atom. The molecule has 1 aromatic carbocycles. The zero-order valence-electron chi connectivity index (χ0n) is 11.6. The lowest BCUT2D eigenvalue weighted by Gasteiger charge is -2.39. The third-order valence-electron chi connectivity index (χ3n) is 3.46. The minimum absolute atomic E-state index is 0.0220. The van der Waals surface area contributed by atoms with Crippen molar-refractivity contribution < 1.29 is 4.79 Å². The van der Waals surface area contributed by atoms with Gasteiger partial charge in [-0.1, -0.05) is 23.7 Å². The molecule has 0 bridgehead atoms. The van der Waals surface area contributed by atoms with E-state index in [1.165, 1.54) is 0 Å². The number of nitrogens with zero attached hydrogens (tertiary/aromatic N) is 1. The molecule has 0 atom stereocenters. The van der Waals surface area contributed by atoms with Gasteiger partial charge in [0.1, 0.15) is 0 Å². The Bertz CT molecular complexity index is 442. The molecule has 0 aliphatic carbocycles. The lowest BCUT2D eigenvalue weighted by molar-refractivity contribution is -0.133. The first-order valence-corrected chi connectivity index (χ1v) is 7.11. The highest BCUT2D eigenvalue weighted by Gasteiger charge is 2.28. The van der Waals surface area contributed by atoms with Crippen LogP contribution in [0.4, 0.5) is 0 Å². The van der Waals surface area contributed by atoms with Gasteiger partial charge in [0.05, 0.1) is 0 Å². The van der Waals surface area contributed by atoms with Gasteiger partial charge in [-0.05, 0) is 38.0 Å². The fourth-order valence-corrected chi connectivity index (χ4v) is 2.54. The average molecular weight is 281 g/mol. The molecule has 19 heavy (non-hydrogen) atoms. The van der Waals surface area contributed by atoms with Gasteiger partial charge in [-0.2, -0.15) is 0 Å². The second kappa shape index (κ2) is 5.93. The minimum atomic E-state index is 0.0220. The van der Waals surface area contributed by atoms with Gasteiger partial charge < -0.3 is 10.2 Å². The zero-order valence-corrected chi connectivity index (χ0v) is 12.3. The highest BCUT2D eigenvalue weighted by atomic mass is 35.5. The average Bonchev–Trinajstić information content (AvgIpc) is 2.36. The molecule has 0 spiro atoms. The minimum Gasteiger partial charge on any atom is -0.340 e. The molecule has 4 heteroatoms. The number of rotatable bonds is 3. The van der Waals surface area contributed by atoms with Gasteiger partial charge in [0, 0.05) is 36.6 Å². The van der Waals surface area contributed by atoms with Gasteiger partial charge >= 0.3 is 0 Å². The van der Waals surface area contributed by atoms with E-state index in [1.54, 1.807) is 0 Å². The Morgan fingerprint density at radius 3 is 2.68 bits per heavy atom. The summed E-state index contributed by atoms with van der Waals surface area (Å²) in [5, 5.41) is 4.15. The molecule has 1 aromatic rings. The quantitative estimate of drug-likeness (QED) is 0.923. The summed E-state index contributed by atoms with van der Waals surface area (Å²) >= 11 is 5.85. The smallest absolute Gasteiger partial charge is 0.223 e. The fraction of sp³-hybridized carbons (Fsp3) is 0.533. The summed E-state index contributed by atoms with van der Waals surface area (Å²) in [6, 6.07) is 7.71. The first-order valence-electron chi connectivity index (χ1n) is 6.73. The van der Waals surface area contributed by atoms with Gasteiger partial charge in [0.25, 0.3) is 0 Å². The summed E-state index contributed by atoms with van der Waals surface area (Å²) < 4.78 is 0. The van der Waals surface area contributed by atoms with E-state index >= 15 is 0 Å². The normalized spacial score (nSPS) is 18.4. The van der Waals surface area contributed by atoms with Crippen LogP contribution in [-0.2, 0) is 11.2 Å². The molecule has 1 N–H and O–H groups in total. The van der Waals surface area contributed by atoms with Gasteiger partial charge in [0.2, 0.25) is 5.91 Å². The molecular weight excluding hydrogens is 260 g/mol. The Labute approximate surface area is 119 Å². The van der Waals surface area contributed by atoms with E-state index in [-0.39, 0.29) is 11.4 Å². The van der Waals surface area contributed by atoms with Crippen molar-refractivity contribution in [3.8, 4) is 0 Å². The largest absolute Gasteiger partial charge is 0.340 e. The lowest BCUT2D eigenvalue weighted by atomic mass is 10.0. The molecule has 1 aliphatic heterocycles. The van der Waals surface area contributed by atoms with E-state index < -0.39 is 0 Å². The van der Waals surface area contributed by atoms with Crippen molar-refractivity contribution in [3.05, 3.63) is 34.9 Å². The van der Waals surface area contributed by atoms with E-state index in [4.69, 9.17) is 11.6 Å². The van der Waals surface area contributed by atoms with Crippen molar-refractivity contribution in [3.63, 3.8) is 0 Å². The molecule has 1 aliphatic rings. The Kier molecular flexibility index (Phi) is 4.48. The van der Waals surface area contributed by atoms with Crippen LogP contribution in [0.5, 0.6) is 0 Å². The van der Waals surface area contributed by atoms with Gasteiger partial charge in [-0.25, -0.2) is 0 Å². The van der Waals surface area contributed by atoms with Crippen molar-refractivity contribution in [1.82, 2.24) is 10.2 Å². The van der Waals surface area contributed by atoms with E-state index in [2.05, 4.69) is 19.2 Å². The van der Waals surface area contributed by atoms with Crippen LogP contribution < -0.4 is 5.32 Å². The van der Waals surface area contributed by atoms with Crippen molar-refractivity contribution in [2.75, 3.05) is 19.6 Å². The molecule has 0 unspecified atom stereocenters. The summed E-state index contributed by atoms with van der Waals surface area (Å²) in [5.74, 6) is 0.240. The van der Waals surface area contributed by atoms with E-state index in [0.717, 1.165) is 36.6 Å². The molecule has 1 fully saturated rings. The van der Waals surface area contributed by atoms with Crippen LogP contribution in [0.2, 0.25) is 5.02 Å². The first kappa shape index (κ1) is 14.4. The number of amides is 1. The van der Waals surface area contributed by atoms with E-state index in [1.807, 2.05) is 29.2 Å². The fourth-order valence-electron chi connectivity index (χ4n) is 2.41. The number of carbonyl (C=O) groups is 1. The third kappa shape index (κ3) is 4.22. The van der Waals surface area contributed by atoms with Crippen LogP contribution in [0, 0.1) is 0 Å². The molecule has 1 heterocycles. The van der Waals surface area contributed by atoms with Crippen LogP contribution in [0.1, 0.15) is 25.8 Å². The standard InChI is InChI=1S/C15H21ClN2O/c1-15(2)11-18(10-9-17-15)14(19)8-5-12-3-6-13(16)7-4-12/h3-4,6-7,17H,5,8-11H2,1-2H3. The number of nitrogens with one attached hydrogen (secondary N) is 1. The lowest BCUT2D eigenvalue weighted by Crippen LogP contribution is -2.58. The third-order valence-corrected chi connectivity index (χ3v) is 3.72. The maximum Gasteiger partial charge on any atom is 0.223 e. The molecule has 1 saturated heterocycles. The number of halogens is 1. The van der Waals surface area contributed by atoms with Crippen molar-refractivity contribution in [2.24, 2.45) is 0 Å². The predicted octanol–water partition coefficient (Wildman–Crippen LogP) is 2.48. The van der Waals surface area contributed by atoms with Crippen molar-refractivity contribution in [1.29, 1.82) is 0 Å². The summed E-state index contributed by atoms with van der Waals surface area (Å²) in [6.45, 7) is 6.73. The Hall–Kier alpha value is -1.06. The Morgan fingerprint density at radius 2 is 2.05 bits per heavy atom. The highest BCUT2D eigenvalue weighted by molar-refractivity contribution is 6.30. The van der Waals surface area contributed by atoms with Crippen LogP contribution in [0.15, 0.2) is 24.3 Å². The summed E-state index contributed by atoms with van der Waals surface area (Å²) in [6.07, 6.45) is 1.35. The van der Waals surface area contributed by atoms with E-state index in [0.29, 0.717) is 6.42 Å². The van der Waals surface area contributed by atoms with E-state index in [9.17, 15) is 4.79 Å². The number of benzene rings is 1. The van der Waals surface area contributed by atoms with Crippen molar-refractivity contribution >= 4 is 17.5 Å². The summed E-state index contributed by atoms with van der Waals surface area (Å²) in [5.41, 5.74) is 1.18. The predicted molar refractivity (Wildman–Crippen MR) is 78.4 cm³/mol. The topological polar surface area (TPSA) is 32.3 Å². The number of carbonyl (C=O) groups excluding carboxylic acids is 1.